The number of carbonyl (C=O) groups is 1. The van der Waals surface area contributed by atoms with Gasteiger partial charge in [-0.15, -0.1) is 0 Å². The molecule has 1 fully saturated rings. The summed E-state index contributed by atoms with van der Waals surface area (Å²) in [6.07, 6.45) is 2.53. The van der Waals surface area contributed by atoms with Gasteiger partial charge in [0.15, 0.2) is 0 Å². The van der Waals surface area contributed by atoms with Crippen molar-refractivity contribution in [3.63, 3.8) is 0 Å². The van der Waals surface area contributed by atoms with E-state index in [2.05, 4.69) is 23.8 Å². The molecular weight excluding hydrogens is 290 g/mol. The molecule has 1 aromatic carbocycles. The molecule has 1 N–H and O–H groups in total. The zero-order valence-electron chi connectivity index (χ0n) is 14.0. The molecule has 5 heteroatoms. The Labute approximate surface area is 136 Å². The van der Waals surface area contributed by atoms with E-state index < -0.39 is 0 Å². The predicted molar refractivity (Wildman–Crippen MR) is 88.5 cm³/mol. The second-order valence-corrected chi connectivity index (χ2v) is 6.79. The highest BCUT2D eigenvalue weighted by atomic mass is 16.5. The van der Waals surface area contributed by atoms with Crippen LogP contribution in [0.25, 0.3) is 0 Å². The highest BCUT2D eigenvalue weighted by Crippen LogP contribution is 2.45. The van der Waals surface area contributed by atoms with Gasteiger partial charge in [-0.05, 0) is 19.1 Å². The topological polar surface area (TPSA) is 58.2 Å². The molecule has 0 unspecified atom stereocenters. The van der Waals surface area contributed by atoms with E-state index >= 15 is 0 Å². The second kappa shape index (κ2) is 5.72. The Balaban J connectivity index is 1.67. The van der Waals surface area contributed by atoms with Crippen molar-refractivity contribution in [2.75, 3.05) is 7.05 Å². The number of aryl methyl sites for hydroxylation is 1. The normalized spacial score (nSPS) is 22.3. The number of benzene rings is 1. The smallest absolute Gasteiger partial charge is 0.271 e. The van der Waals surface area contributed by atoms with Gasteiger partial charge in [-0.2, -0.15) is 0 Å². The lowest BCUT2D eigenvalue weighted by atomic mass is 9.63. The van der Waals surface area contributed by atoms with Crippen LogP contribution in [0.2, 0.25) is 0 Å². The zero-order chi connectivity index (χ0) is 16.6. The molecule has 1 amide bonds. The number of ether oxygens (including phenoxy) is 1. The molecule has 3 rings (SSSR count). The van der Waals surface area contributed by atoms with Gasteiger partial charge in [-0.25, -0.2) is 4.98 Å². The van der Waals surface area contributed by atoms with Gasteiger partial charge < -0.3 is 14.6 Å². The summed E-state index contributed by atoms with van der Waals surface area (Å²) < 4.78 is 6.08. The monoisotopic (exact) mass is 313 g/mol. The van der Waals surface area contributed by atoms with E-state index in [1.54, 1.807) is 11.1 Å². The minimum Gasteiger partial charge on any atom is -0.490 e. The fourth-order valence-corrected chi connectivity index (χ4v) is 3.25. The molecule has 0 bridgehead atoms. The van der Waals surface area contributed by atoms with Crippen LogP contribution in [0.4, 0.5) is 0 Å². The lowest BCUT2D eigenvalue weighted by Gasteiger charge is -2.54. The van der Waals surface area contributed by atoms with Crippen molar-refractivity contribution >= 4 is 5.91 Å². The number of imidazole rings is 1. The first-order chi connectivity index (χ1) is 10.9. The molecule has 1 aliphatic rings. The zero-order valence-corrected chi connectivity index (χ0v) is 14.0. The van der Waals surface area contributed by atoms with Gasteiger partial charge in [0.2, 0.25) is 0 Å². The van der Waals surface area contributed by atoms with Crippen molar-refractivity contribution in [1.29, 1.82) is 0 Å². The Morgan fingerprint density at radius 1 is 1.35 bits per heavy atom. The Hall–Kier alpha value is -2.30. The number of rotatable bonds is 4. The molecule has 5 nitrogen and oxygen atoms in total. The molecule has 0 spiro atoms. The molecule has 1 aliphatic carbocycles. The van der Waals surface area contributed by atoms with Crippen LogP contribution in [0.5, 0.6) is 5.75 Å². The van der Waals surface area contributed by atoms with Crippen LogP contribution in [-0.4, -0.2) is 40.0 Å². The minimum atomic E-state index is -0.102. The molecular formula is C18H23N3O2. The molecule has 1 heterocycles. The van der Waals surface area contributed by atoms with Gasteiger partial charge in [-0.3, -0.25) is 4.79 Å². The van der Waals surface area contributed by atoms with Gasteiger partial charge in [-0.1, -0.05) is 32.0 Å². The maximum absolute atomic E-state index is 12.6. The summed E-state index contributed by atoms with van der Waals surface area (Å²) in [5.41, 5.74) is 0.434. The molecule has 0 radical (unpaired) electrons. The summed E-state index contributed by atoms with van der Waals surface area (Å²) >= 11 is 0. The standard InChI is InChI=1S/C18H23N3O2/c1-12-19-11-14(20-12)17(22)21(4)15-10-16(18(15,2)3)23-13-8-6-5-7-9-13/h5-9,11,15-16H,10H2,1-4H3,(H,19,20)/t15-,16+/m0/s1. The quantitative estimate of drug-likeness (QED) is 0.944. The number of para-hydroxylation sites is 1. The third-order valence-corrected chi connectivity index (χ3v) is 4.87. The average molecular weight is 313 g/mol. The summed E-state index contributed by atoms with van der Waals surface area (Å²) in [6, 6.07) is 9.98. The number of H-pyrrole nitrogens is 1. The molecule has 23 heavy (non-hydrogen) atoms. The van der Waals surface area contributed by atoms with Crippen LogP contribution in [0.15, 0.2) is 36.5 Å². The van der Waals surface area contributed by atoms with E-state index in [4.69, 9.17) is 4.74 Å². The molecule has 0 saturated heterocycles. The number of carbonyl (C=O) groups excluding carboxylic acids is 1. The van der Waals surface area contributed by atoms with Crippen molar-refractivity contribution in [1.82, 2.24) is 14.9 Å². The summed E-state index contributed by atoms with van der Waals surface area (Å²) in [4.78, 5) is 21.5. The SMILES string of the molecule is Cc1ncc(C(=O)N(C)[C@H]2C[C@@H](Oc3ccccc3)C2(C)C)[nH]1. The van der Waals surface area contributed by atoms with E-state index in [1.807, 2.05) is 44.3 Å². The van der Waals surface area contributed by atoms with Crippen molar-refractivity contribution in [2.24, 2.45) is 5.41 Å². The molecule has 1 saturated carbocycles. The Morgan fingerprint density at radius 3 is 2.61 bits per heavy atom. The third kappa shape index (κ3) is 2.83. The average Bonchev–Trinajstić information content (AvgIpc) is 2.97. The van der Waals surface area contributed by atoms with E-state index in [9.17, 15) is 4.79 Å². The van der Waals surface area contributed by atoms with Crippen LogP contribution in [0.3, 0.4) is 0 Å². The molecule has 0 aliphatic heterocycles. The number of amides is 1. The van der Waals surface area contributed by atoms with Crippen molar-refractivity contribution in [3.05, 3.63) is 48.0 Å². The van der Waals surface area contributed by atoms with Gasteiger partial charge in [0.1, 0.15) is 23.4 Å². The van der Waals surface area contributed by atoms with E-state index in [1.165, 1.54) is 0 Å². The fraction of sp³-hybridized carbons (Fsp3) is 0.444. The second-order valence-electron chi connectivity index (χ2n) is 6.79. The van der Waals surface area contributed by atoms with Gasteiger partial charge in [0.25, 0.3) is 5.91 Å². The lowest BCUT2D eigenvalue weighted by molar-refractivity contribution is -0.0887. The first kappa shape index (κ1) is 15.6. The van der Waals surface area contributed by atoms with E-state index in [0.717, 1.165) is 18.0 Å². The van der Waals surface area contributed by atoms with E-state index in [0.29, 0.717) is 5.69 Å². The molecule has 1 aromatic heterocycles. The summed E-state index contributed by atoms with van der Waals surface area (Å²) in [6.45, 7) is 6.14. The number of nitrogens with one attached hydrogen (secondary N) is 1. The first-order valence-corrected chi connectivity index (χ1v) is 7.90. The van der Waals surface area contributed by atoms with Crippen LogP contribution < -0.4 is 4.74 Å². The first-order valence-electron chi connectivity index (χ1n) is 7.90. The largest absolute Gasteiger partial charge is 0.490 e. The highest BCUT2D eigenvalue weighted by molar-refractivity contribution is 5.92. The maximum Gasteiger partial charge on any atom is 0.271 e. The Kier molecular flexibility index (Phi) is 3.88. The highest BCUT2D eigenvalue weighted by Gasteiger charge is 2.53. The predicted octanol–water partition coefficient (Wildman–Crippen LogP) is 3.04. The lowest BCUT2D eigenvalue weighted by Crippen LogP contribution is -2.63. The molecule has 122 valence electrons. The summed E-state index contributed by atoms with van der Waals surface area (Å²) in [5, 5.41) is 0. The van der Waals surface area contributed by atoms with Crippen molar-refractivity contribution in [2.45, 2.75) is 39.3 Å². The number of aromatic nitrogens is 2. The molecule has 2 aromatic rings. The number of aromatic amines is 1. The van der Waals surface area contributed by atoms with Crippen LogP contribution in [0.1, 0.15) is 36.6 Å². The van der Waals surface area contributed by atoms with Gasteiger partial charge in [0.05, 0.1) is 6.20 Å². The Bertz CT molecular complexity index is 693. The van der Waals surface area contributed by atoms with Crippen LogP contribution in [-0.2, 0) is 0 Å². The van der Waals surface area contributed by atoms with E-state index in [-0.39, 0.29) is 23.5 Å². The van der Waals surface area contributed by atoms with Crippen LogP contribution in [0, 0.1) is 12.3 Å². The summed E-state index contributed by atoms with van der Waals surface area (Å²) in [5.74, 6) is 1.60. The van der Waals surface area contributed by atoms with Crippen molar-refractivity contribution in [3.8, 4) is 5.75 Å². The maximum atomic E-state index is 12.6. The van der Waals surface area contributed by atoms with Gasteiger partial charge >= 0.3 is 0 Å². The fourth-order valence-electron chi connectivity index (χ4n) is 3.25. The van der Waals surface area contributed by atoms with Crippen molar-refractivity contribution < 1.29 is 9.53 Å². The molecule has 2 atom stereocenters. The number of hydrogen-bond acceptors (Lipinski definition) is 3. The Morgan fingerprint density at radius 2 is 2.04 bits per heavy atom. The minimum absolute atomic E-state index is 0.0261. The van der Waals surface area contributed by atoms with Crippen LogP contribution >= 0.6 is 0 Å². The third-order valence-electron chi connectivity index (χ3n) is 4.87. The number of nitrogens with zero attached hydrogens (tertiary/aromatic N) is 2. The van der Waals surface area contributed by atoms with Gasteiger partial charge in [0, 0.05) is 24.9 Å². The number of hydrogen-bond donors (Lipinski definition) is 1. The summed E-state index contributed by atoms with van der Waals surface area (Å²) in [7, 11) is 1.85.